The lowest BCUT2D eigenvalue weighted by Crippen LogP contribution is -2.23. The molecule has 106 valence electrons. The molecule has 1 aliphatic rings. The van der Waals surface area contributed by atoms with E-state index in [2.05, 4.69) is 10.3 Å². The van der Waals surface area contributed by atoms with Crippen LogP contribution in [0.5, 0.6) is 0 Å². The Morgan fingerprint density at radius 2 is 2.48 bits per heavy atom. The molecule has 2 heterocycles. The second-order valence-corrected chi connectivity index (χ2v) is 5.71. The normalized spacial score (nSPS) is 14.7. The van der Waals surface area contributed by atoms with Gasteiger partial charge in [0.1, 0.15) is 17.4 Å². The molecule has 1 aliphatic carbocycles. The first-order valence-corrected chi connectivity index (χ1v) is 7.52. The third-order valence-electron chi connectivity index (χ3n) is 3.13. The zero-order valence-corrected chi connectivity index (χ0v) is 12.0. The maximum Gasteiger partial charge on any atom is 0.262 e. The Labute approximate surface area is 125 Å². The van der Waals surface area contributed by atoms with Crippen molar-refractivity contribution in [1.29, 1.82) is 5.26 Å². The molecule has 0 aliphatic heterocycles. The lowest BCUT2D eigenvalue weighted by molar-refractivity contribution is -0.117. The highest BCUT2D eigenvalue weighted by molar-refractivity contribution is 7.09. The summed E-state index contributed by atoms with van der Waals surface area (Å²) in [5, 5.41) is 14.7. The Balaban J connectivity index is 1.66. The minimum Gasteiger partial charge on any atom is -0.467 e. The third kappa shape index (κ3) is 3.38. The molecular formula is C15H13N3O2S. The fourth-order valence-electron chi connectivity index (χ4n) is 1.86. The molecule has 0 atom stereocenters. The number of rotatable bonds is 5. The molecule has 2 aromatic rings. The van der Waals surface area contributed by atoms with E-state index in [1.165, 1.54) is 25.2 Å². The molecule has 0 saturated heterocycles. The van der Waals surface area contributed by atoms with E-state index < -0.39 is 5.91 Å². The summed E-state index contributed by atoms with van der Waals surface area (Å²) in [7, 11) is 0. The number of nitrogens with one attached hydrogen (secondary N) is 1. The number of thiazole rings is 1. The number of furan rings is 1. The summed E-state index contributed by atoms with van der Waals surface area (Å²) in [6.45, 7) is 0.259. The first-order chi connectivity index (χ1) is 10.3. The van der Waals surface area contributed by atoms with Crippen molar-refractivity contribution in [2.45, 2.75) is 25.3 Å². The van der Waals surface area contributed by atoms with Gasteiger partial charge in [0.25, 0.3) is 5.91 Å². The first kappa shape index (κ1) is 13.6. The van der Waals surface area contributed by atoms with Crippen molar-refractivity contribution in [2.24, 2.45) is 0 Å². The minimum absolute atomic E-state index is 0.0502. The summed E-state index contributed by atoms with van der Waals surface area (Å²) >= 11 is 1.58. The molecule has 1 saturated carbocycles. The molecule has 6 heteroatoms. The Hall–Kier alpha value is -2.39. The summed E-state index contributed by atoms with van der Waals surface area (Å²) in [5.74, 6) is 0.802. The fraction of sp³-hybridized carbons (Fsp3) is 0.267. The number of nitriles is 1. The van der Waals surface area contributed by atoms with Crippen LogP contribution >= 0.6 is 11.3 Å². The monoisotopic (exact) mass is 299 g/mol. The van der Waals surface area contributed by atoms with Crippen molar-refractivity contribution in [3.8, 4) is 6.07 Å². The van der Waals surface area contributed by atoms with Crippen LogP contribution in [0.3, 0.4) is 0 Å². The number of aromatic nitrogens is 1. The van der Waals surface area contributed by atoms with Crippen molar-refractivity contribution in [3.63, 3.8) is 0 Å². The Morgan fingerprint density at radius 1 is 1.62 bits per heavy atom. The van der Waals surface area contributed by atoms with Crippen LogP contribution in [0.1, 0.15) is 35.2 Å². The van der Waals surface area contributed by atoms with E-state index >= 15 is 0 Å². The lowest BCUT2D eigenvalue weighted by Gasteiger charge is -2.01. The number of nitrogens with zero attached hydrogens (tertiary/aromatic N) is 2. The SMILES string of the molecule is N#CC(=Cc1csc(C2CC2)n1)C(=O)NCc1ccco1. The van der Waals surface area contributed by atoms with Gasteiger partial charge in [-0.2, -0.15) is 5.26 Å². The summed E-state index contributed by atoms with van der Waals surface area (Å²) < 4.78 is 5.12. The molecule has 1 N–H and O–H groups in total. The van der Waals surface area contributed by atoms with E-state index in [0.717, 1.165) is 5.01 Å². The number of amides is 1. The predicted molar refractivity (Wildman–Crippen MR) is 78.2 cm³/mol. The van der Waals surface area contributed by atoms with E-state index in [-0.39, 0.29) is 12.1 Å². The predicted octanol–water partition coefficient (Wildman–Crippen LogP) is 2.84. The highest BCUT2D eigenvalue weighted by atomic mass is 32.1. The molecule has 1 fully saturated rings. The van der Waals surface area contributed by atoms with Gasteiger partial charge in [-0.05, 0) is 31.1 Å². The van der Waals surface area contributed by atoms with Crippen LogP contribution in [0.4, 0.5) is 0 Å². The van der Waals surface area contributed by atoms with Gasteiger partial charge < -0.3 is 9.73 Å². The smallest absolute Gasteiger partial charge is 0.262 e. The van der Waals surface area contributed by atoms with E-state index in [9.17, 15) is 4.79 Å². The van der Waals surface area contributed by atoms with E-state index in [1.54, 1.807) is 23.5 Å². The lowest BCUT2D eigenvalue weighted by atomic mass is 10.2. The maximum atomic E-state index is 12.0. The van der Waals surface area contributed by atoms with Gasteiger partial charge in [0.05, 0.1) is 23.5 Å². The molecule has 1 amide bonds. The molecule has 0 bridgehead atoms. The van der Waals surface area contributed by atoms with Gasteiger partial charge in [-0.15, -0.1) is 11.3 Å². The topological polar surface area (TPSA) is 78.9 Å². The first-order valence-electron chi connectivity index (χ1n) is 6.64. The molecule has 3 rings (SSSR count). The highest BCUT2D eigenvalue weighted by Crippen LogP contribution is 2.41. The molecular weight excluding hydrogens is 286 g/mol. The van der Waals surface area contributed by atoms with E-state index in [0.29, 0.717) is 17.4 Å². The molecule has 0 radical (unpaired) electrons. The van der Waals surface area contributed by atoms with E-state index in [4.69, 9.17) is 9.68 Å². The second-order valence-electron chi connectivity index (χ2n) is 4.82. The Kier molecular flexibility index (Phi) is 3.84. The Bertz CT molecular complexity index is 706. The van der Waals surface area contributed by atoms with Crippen LogP contribution in [0, 0.1) is 11.3 Å². The minimum atomic E-state index is -0.421. The number of carbonyl (C=O) groups is 1. The molecule has 2 aromatic heterocycles. The standard InChI is InChI=1S/C15H13N3O2S/c16-7-11(14(19)17-8-13-2-1-5-20-13)6-12-9-21-15(18-12)10-3-4-10/h1-2,5-6,9-10H,3-4,8H2,(H,17,19). The second kappa shape index (κ2) is 5.94. The largest absolute Gasteiger partial charge is 0.467 e. The van der Waals surface area contributed by atoms with Crippen molar-refractivity contribution < 1.29 is 9.21 Å². The van der Waals surface area contributed by atoms with Crippen molar-refractivity contribution >= 4 is 23.3 Å². The number of hydrogen-bond donors (Lipinski definition) is 1. The highest BCUT2D eigenvalue weighted by Gasteiger charge is 2.26. The number of carbonyl (C=O) groups excluding carboxylic acids is 1. The van der Waals surface area contributed by atoms with Gasteiger partial charge in [0, 0.05) is 11.3 Å². The fourth-order valence-corrected chi connectivity index (χ4v) is 2.81. The van der Waals surface area contributed by atoms with Crippen LogP contribution in [0.25, 0.3) is 6.08 Å². The molecule has 0 aromatic carbocycles. The van der Waals surface area contributed by atoms with Crippen molar-refractivity contribution in [1.82, 2.24) is 10.3 Å². The van der Waals surface area contributed by atoms with Gasteiger partial charge in [0.15, 0.2) is 0 Å². The van der Waals surface area contributed by atoms with Crippen LogP contribution in [0.15, 0.2) is 33.8 Å². The van der Waals surface area contributed by atoms with Gasteiger partial charge in [-0.3, -0.25) is 4.79 Å². The molecule has 0 spiro atoms. The van der Waals surface area contributed by atoms with E-state index in [1.807, 2.05) is 11.4 Å². The maximum absolute atomic E-state index is 12.0. The van der Waals surface area contributed by atoms with Crippen molar-refractivity contribution in [2.75, 3.05) is 0 Å². The third-order valence-corrected chi connectivity index (χ3v) is 4.15. The molecule has 21 heavy (non-hydrogen) atoms. The van der Waals surface area contributed by atoms with Gasteiger partial charge in [0.2, 0.25) is 0 Å². The van der Waals surface area contributed by atoms with Gasteiger partial charge >= 0.3 is 0 Å². The zero-order chi connectivity index (χ0) is 14.7. The van der Waals surface area contributed by atoms with Crippen molar-refractivity contribution in [3.05, 3.63) is 45.8 Å². The zero-order valence-electron chi connectivity index (χ0n) is 11.2. The van der Waals surface area contributed by atoms with Crippen LogP contribution in [0.2, 0.25) is 0 Å². The summed E-state index contributed by atoms with van der Waals surface area (Å²) in [5.41, 5.74) is 0.723. The van der Waals surface area contributed by atoms with Crippen LogP contribution in [-0.2, 0) is 11.3 Å². The average Bonchev–Trinajstić information content (AvgIpc) is 3.03. The Morgan fingerprint density at radius 3 is 3.14 bits per heavy atom. The van der Waals surface area contributed by atoms with Crippen LogP contribution in [-0.4, -0.2) is 10.9 Å². The van der Waals surface area contributed by atoms with Gasteiger partial charge in [-0.25, -0.2) is 4.98 Å². The summed E-state index contributed by atoms with van der Waals surface area (Å²) in [6, 6.07) is 5.43. The summed E-state index contributed by atoms with van der Waals surface area (Å²) in [6.07, 6.45) is 5.44. The number of hydrogen-bond acceptors (Lipinski definition) is 5. The average molecular weight is 299 g/mol. The molecule has 0 unspecified atom stereocenters. The molecule has 5 nitrogen and oxygen atoms in total. The quantitative estimate of drug-likeness (QED) is 0.680. The summed E-state index contributed by atoms with van der Waals surface area (Å²) in [4.78, 5) is 16.4. The van der Waals surface area contributed by atoms with Gasteiger partial charge in [-0.1, -0.05) is 0 Å². The van der Waals surface area contributed by atoms with Crippen LogP contribution < -0.4 is 5.32 Å².